The average Bonchev–Trinajstić information content (AvgIpc) is 3.30. The normalized spacial score (nSPS) is 20.3. The Morgan fingerprint density at radius 2 is 1.97 bits per heavy atom. The third-order valence-electron chi connectivity index (χ3n) is 5.55. The van der Waals surface area contributed by atoms with E-state index in [1.807, 2.05) is 57.5 Å². The highest BCUT2D eigenvalue weighted by molar-refractivity contribution is 7.13. The van der Waals surface area contributed by atoms with Crippen molar-refractivity contribution in [1.29, 1.82) is 0 Å². The molecule has 2 amide bonds. The van der Waals surface area contributed by atoms with Gasteiger partial charge in [-0.15, -0.1) is 11.3 Å². The number of nitrogens with one attached hydrogen (secondary N) is 1. The molecule has 7 nitrogen and oxygen atoms in total. The van der Waals surface area contributed by atoms with Gasteiger partial charge in [0.1, 0.15) is 6.04 Å². The SMILES string of the molecule is Cc1ncsc1-c1ccc(CNC(=O)C2C[C@@H](N)CN2C(=O)[C@H](N)C(C)(C)C)cc1. The number of rotatable bonds is 5. The van der Waals surface area contributed by atoms with E-state index in [2.05, 4.69) is 10.3 Å². The summed E-state index contributed by atoms with van der Waals surface area (Å²) in [7, 11) is 0. The second-order valence-electron chi connectivity index (χ2n) is 9.03. The lowest BCUT2D eigenvalue weighted by Gasteiger charge is -2.32. The summed E-state index contributed by atoms with van der Waals surface area (Å²) < 4.78 is 0. The van der Waals surface area contributed by atoms with Crippen LogP contribution in [0.15, 0.2) is 29.8 Å². The van der Waals surface area contributed by atoms with Crippen LogP contribution >= 0.6 is 11.3 Å². The van der Waals surface area contributed by atoms with Crippen molar-refractivity contribution >= 4 is 23.2 Å². The van der Waals surface area contributed by atoms with E-state index in [1.165, 1.54) is 0 Å². The van der Waals surface area contributed by atoms with Crippen molar-refractivity contribution in [2.75, 3.05) is 6.54 Å². The van der Waals surface area contributed by atoms with Crippen LogP contribution in [-0.4, -0.2) is 46.4 Å². The number of hydrogen-bond donors (Lipinski definition) is 3. The van der Waals surface area contributed by atoms with Crippen LogP contribution in [0.25, 0.3) is 10.4 Å². The molecule has 8 heteroatoms. The zero-order valence-corrected chi connectivity index (χ0v) is 18.8. The van der Waals surface area contributed by atoms with Gasteiger partial charge in [-0.3, -0.25) is 9.59 Å². The number of likely N-dealkylation sites (tertiary alicyclic amines) is 1. The van der Waals surface area contributed by atoms with Crippen LogP contribution < -0.4 is 16.8 Å². The first kappa shape index (κ1) is 22.4. The summed E-state index contributed by atoms with van der Waals surface area (Å²) in [6.07, 6.45) is 0.442. The van der Waals surface area contributed by atoms with Gasteiger partial charge in [0.2, 0.25) is 11.8 Å². The molecule has 5 N–H and O–H groups in total. The van der Waals surface area contributed by atoms with Gasteiger partial charge < -0.3 is 21.7 Å². The average molecular weight is 430 g/mol. The molecule has 30 heavy (non-hydrogen) atoms. The minimum Gasteiger partial charge on any atom is -0.350 e. The van der Waals surface area contributed by atoms with E-state index in [1.54, 1.807) is 16.2 Å². The van der Waals surface area contributed by atoms with Gasteiger partial charge in [0, 0.05) is 19.1 Å². The molecule has 1 fully saturated rings. The van der Waals surface area contributed by atoms with Gasteiger partial charge in [-0.1, -0.05) is 45.0 Å². The molecule has 2 aromatic rings. The molecule has 1 saturated heterocycles. The molecule has 0 radical (unpaired) electrons. The summed E-state index contributed by atoms with van der Waals surface area (Å²) in [5.74, 6) is -0.417. The van der Waals surface area contributed by atoms with Crippen LogP contribution in [0.3, 0.4) is 0 Å². The maximum atomic E-state index is 12.9. The van der Waals surface area contributed by atoms with E-state index < -0.39 is 12.1 Å². The fourth-order valence-corrected chi connectivity index (χ4v) is 4.38. The first-order chi connectivity index (χ1) is 14.1. The minimum atomic E-state index is -0.680. The van der Waals surface area contributed by atoms with Gasteiger partial charge in [-0.05, 0) is 29.9 Å². The van der Waals surface area contributed by atoms with E-state index in [-0.39, 0.29) is 23.3 Å². The number of thiazole rings is 1. The Hall–Kier alpha value is -2.29. The van der Waals surface area contributed by atoms with Crippen molar-refractivity contribution in [3.8, 4) is 10.4 Å². The van der Waals surface area contributed by atoms with Crippen molar-refractivity contribution in [1.82, 2.24) is 15.2 Å². The highest BCUT2D eigenvalue weighted by Crippen LogP contribution is 2.27. The highest BCUT2D eigenvalue weighted by atomic mass is 32.1. The monoisotopic (exact) mass is 429 g/mol. The third-order valence-corrected chi connectivity index (χ3v) is 6.52. The number of nitrogens with two attached hydrogens (primary N) is 2. The number of hydrogen-bond acceptors (Lipinski definition) is 6. The van der Waals surface area contributed by atoms with Gasteiger partial charge in [-0.25, -0.2) is 4.98 Å². The number of aromatic nitrogens is 1. The quantitative estimate of drug-likeness (QED) is 0.673. The van der Waals surface area contributed by atoms with Crippen molar-refractivity contribution in [3.63, 3.8) is 0 Å². The number of benzene rings is 1. The van der Waals surface area contributed by atoms with Crippen molar-refractivity contribution in [2.45, 2.75) is 58.8 Å². The topological polar surface area (TPSA) is 114 Å². The fraction of sp³-hybridized carbons (Fsp3) is 0.500. The van der Waals surface area contributed by atoms with Crippen LogP contribution in [0, 0.1) is 12.3 Å². The molecule has 0 spiro atoms. The third kappa shape index (κ3) is 4.88. The summed E-state index contributed by atoms with van der Waals surface area (Å²) in [6.45, 7) is 8.47. The van der Waals surface area contributed by atoms with E-state index >= 15 is 0 Å². The smallest absolute Gasteiger partial charge is 0.243 e. The molecule has 1 unspecified atom stereocenters. The second-order valence-corrected chi connectivity index (χ2v) is 9.88. The number of nitrogens with zero attached hydrogens (tertiary/aromatic N) is 2. The Morgan fingerprint density at radius 3 is 2.53 bits per heavy atom. The van der Waals surface area contributed by atoms with E-state index in [4.69, 9.17) is 11.5 Å². The van der Waals surface area contributed by atoms with Gasteiger partial charge >= 0.3 is 0 Å². The molecule has 1 aliphatic rings. The zero-order chi connectivity index (χ0) is 22.1. The predicted octanol–water partition coefficient (Wildman–Crippen LogP) is 2.04. The van der Waals surface area contributed by atoms with Gasteiger partial charge in [0.15, 0.2) is 0 Å². The maximum Gasteiger partial charge on any atom is 0.243 e. The lowest BCUT2D eigenvalue weighted by Crippen LogP contribution is -2.55. The molecule has 2 heterocycles. The molecule has 1 aliphatic heterocycles. The summed E-state index contributed by atoms with van der Waals surface area (Å²) in [5, 5.41) is 2.95. The Bertz CT molecular complexity index is 903. The number of carbonyl (C=O) groups excluding carboxylic acids is 2. The lowest BCUT2D eigenvalue weighted by molar-refractivity contribution is -0.141. The van der Waals surface area contributed by atoms with Crippen molar-refractivity contribution < 1.29 is 9.59 Å². The molecular formula is C22H31N5O2S. The Morgan fingerprint density at radius 1 is 1.30 bits per heavy atom. The summed E-state index contributed by atoms with van der Waals surface area (Å²) in [6, 6.07) is 6.57. The van der Waals surface area contributed by atoms with Crippen LogP contribution in [0.5, 0.6) is 0 Å². The molecule has 0 saturated carbocycles. The minimum absolute atomic E-state index is 0.195. The molecule has 1 aromatic carbocycles. The molecule has 0 aliphatic carbocycles. The van der Waals surface area contributed by atoms with Gasteiger partial charge in [0.25, 0.3) is 0 Å². The summed E-state index contributed by atoms with van der Waals surface area (Å²) in [5.41, 5.74) is 16.8. The molecule has 3 rings (SSSR count). The standard InChI is InChI=1S/C22H31N5O2S/c1-13-18(30-12-26-13)15-7-5-14(6-8-15)10-25-20(28)17-9-16(23)11-27(17)21(29)19(24)22(2,3)4/h5-8,12,16-17,19H,9-11,23-24H2,1-4H3,(H,25,28)/t16-,17?,19+/m1/s1. The molecule has 3 atom stereocenters. The van der Waals surface area contributed by atoms with E-state index in [0.29, 0.717) is 19.5 Å². The Kier molecular flexibility index (Phi) is 6.59. The van der Waals surface area contributed by atoms with Gasteiger partial charge in [0.05, 0.1) is 22.1 Å². The van der Waals surface area contributed by atoms with E-state index in [0.717, 1.165) is 21.7 Å². The number of aryl methyl sites for hydroxylation is 1. The Balaban J connectivity index is 1.63. The van der Waals surface area contributed by atoms with Crippen LogP contribution in [0.4, 0.5) is 0 Å². The van der Waals surface area contributed by atoms with Crippen molar-refractivity contribution in [3.05, 3.63) is 41.0 Å². The summed E-state index contributed by atoms with van der Waals surface area (Å²) in [4.78, 5) is 32.7. The fourth-order valence-electron chi connectivity index (χ4n) is 3.57. The van der Waals surface area contributed by atoms with Crippen molar-refractivity contribution in [2.24, 2.45) is 16.9 Å². The van der Waals surface area contributed by atoms with Gasteiger partial charge in [-0.2, -0.15) is 0 Å². The maximum absolute atomic E-state index is 12.9. The number of amides is 2. The summed E-state index contributed by atoms with van der Waals surface area (Å²) >= 11 is 1.61. The van der Waals surface area contributed by atoms with E-state index in [9.17, 15) is 9.59 Å². The van der Waals surface area contributed by atoms with Crippen LogP contribution in [0.1, 0.15) is 38.4 Å². The molecule has 162 valence electrons. The lowest BCUT2D eigenvalue weighted by atomic mass is 9.86. The zero-order valence-electron chi connectivity index (χ0n) is 18.0. The molecule has 0 bridgehead atoms. The molecular weight excluding hydrogens is 398 g/mol. The number of carbonyl (C=O) groups is 2. The first-order valence-electron chi connectivity index (χ1n) is 10.2. The highest BCUT2D eigenvalue weighted by Gasteiger charge is 2.42. The Labute approximate surface area is 181 Å². The predicted molar refractivity (Wildman–Crippen MR) is 120 cm³/mol. The largest absolute Gasteiger partial charge is 0.350 e. The van der Waals surface area contributed by atoms with Crippen LogP contribution in [0.2, 0.25) is 0 Å². The van der Waals surface area contributed by atoms with Crippen LogP contribution in [-0.2, 0) is 16.1 Å². The molecule has 1 aromatic heterocycles. The first-order valence-corrected chi connectivity index (χ1v) is 11.0. The second kappa shape index (κ2) is 8.83.